The van der Waals surface area contributed by atoms with Gasteiger partial charge in [0.15, 0.2) is 0 Å². The highest BCUT2D eigenvalue weighted by Crippen LogP contribution is 2.44. The molecule has 1 heterocycles. The van der Waals surface area contributed by atoms with Gasteiger partial charge in [-0.25, -0.2) is 0 Å². The molecule has 0 unspecified atom stereocenters. The highest BCUT2D eigenvalue weighted by molar-refractivity contribution is 7.16. The average Bonchev–Trinajstić information content (AvgIpc) is 2.89. The van der Waals surface area contributed by atoms with Crippen molar-refractivity contribution in [2.45, 2.75) is 53.9 Å². The fourth-order valence-electron chi connectivity index (χ4n) is 3.81. The minimum absolute atomic E-state index is 0.140. The van der Waals surface area contributed by atoms with Crippen molar-refractivity contribution in [3.63, 3.8) is 0 Å². The molecule has 0 bridgehead atoms. The van der Waals surface area contributed by atoms with Crippen LogP contribution in [-0.4, -0.2) is 5.91 Å². The molecule has 3 rings (SSSR count). The number of rotatable bonds is 2. The lowest BCUT2D eigenvalue weighted by atomic mass is 9.72. The average molecular weight is 367 g/mol. The van der Waals surface area contributed by atoms with Crippen LogP contribution in [0.3, 0.4) is 0 Å². The number of hydrogen-bond donors (Lipinski definition) is 1. The standard InChI is InChI=1S/C22H26N2OS/c1-13-8-14(2)10-15(9-13)20(25)24-21-18(12-23)17-7-6-16(22(3,4)5)11-19(17)26-21/h8-10,16H,6-7,11H2,1-5H3,(H,24,25)/t16-/m0/s1. The smallest absolute Gasteiger partial charge is 0.256 e. The molecule has 0 saturated carbocycles. The quantitative estimate of drug-likeness (QED) is 0.748. The maximum Gasteiger partial charge on any atom is 0.256 e. The number of aryl methyl sites for hydroxylation is 2. The van der Waals surface area contributed by atoms with Crippen molar-refractivity contribution in [1.82, 2.24) is 0 Å². The Morgan fingerprint density at radius 1 is 1.23 bits per heavy atom. The van der Waals surface area contributed by atoms with Crippen LogP contribution in [0, 0.1) is 36.5 Å². The van der Waals surface area contributed by atoms with Crippen molar-refractivity contribution in [1.29, 1.82) is 5.26 Å². The van der Waals surface area contributed by atoms with Crippen molar-refractivity contribution in [2.75, 3.05) is 5.32 Å². The highest BCUT2D eigenvalue weighted by Gasteiger charge is 2.32. The van der Waals surface area contributed by atoms with Crippen molar-refractivity contribution < 1.29 is 4.79 Å². The van der Waals surface area contributed by atoms with Crippen LogP contribution in [0.5, 0.6) is 0 Å². The first-order valence-corrected chi connectivity index (χ1v) is 9.95. The minimum Gasteiger partial charge on any atom is -0.312 e. The van der Waals surface area contributed by atoms with Gasteiger partial charge in [0.2, 0.25) is 0 Å². The van der Waals surface area contributed by atoms with E-state index < -0.39 is 0 Å². The molecule has 26 heavy (non-hydrogen) atoms. The Morgan fingerprint density at radius 3 is 2.46 bits per heavy atom. The van der Waals surface area contributed by atoms with Crippen LogP contribution in [0.15, 0.2) is 18.2 Å². The minimum atomic E-state index is -0.140. The van der Waals surface area contributed by atoms with E-state index in [1.807, 2.05) is 32.0 Å². The summed E-state index contributed by atoms with van der Waals surface area (Å²) in [5, 5.41) is 13.4. The Kier molecular flexibility index (Phi) is 4.94. The number of nitrogens with zero attached hydrogens (tertiary/aromatic N) is 1. The maximum atomic E-state index is 12.7. The fraction of sp³-hybridized carbons (Fsp3) is 0.455. The molecule has 0 saturated heterocycles. The van der Waals surface area contributed by atoms with Gasteiger partial charge in [-0.05, 0) is 62.1 Å². The summed E-state index contributed by atoms with van der Waals surface area (Å²) < 4.78 is 0. The molecule has 4 heteroatoms. The molecule has 1 aliphatic carbocycles. The summed E-state index contributed by atoms with van der Waals surface area (Å²) in [4.78, 5) is 14.0. The van der Waals surface area contributed by atoms with Crippen LogP contribution in [0.1, 0.15) is 64.7 Å². The molecule has 1 N–H and O–H groups in total. The molecular formula is C22H26N2OS. The lowest BCUT2D eigenvalue weighted by Gasteiger charge is -2.33. The van der Waals surface area contributed by atoms with Crippen LogP contribution in [-0.2, 0) is 12.8 Å². The fourth-order valence-corrected chi connectivity index (χ4v) is 5.09. The number of amides is 1. The lowest BCUT2D eigenvalue weighted by Crippen LogP contribution is -2.26. The molecule has 0 spiro atoms. The second-order valence-electron chi connectivity index (χ2n) is 8.46. The van der Waals surface area contributed by atoms with Gasteiger partial charge in [0, 0.05) is 10.4 Å². The first-order valence-electron chi connectivity index (χ1n) is 9.13. The van der Waals surface area contributed by atoms with Gasteiger partial charge < -0.3 is 5.32 Å². The number of hydrogen-bond acceptors (Lipinski definition) is 3. The summed E-state index contributed by atoms with van der Waals surface area (Å²) in [5.74, 6) is 0.474. The molecule has 136 valence electrons. The number of anilines is 1. The van der Waals surface area contributed by atoms with Crippen molar-refractivity contribution in [3.05, 3.63) is 50.9 Å². The van der Waals surface area contributed by atoms with Gasteiger partial charge in [0.1, 0.15) is 11.1 Å². The predicted molar refractivity (Wildman–Crippen MR) is 108 cm³/mol. The van der Waals surface area contributed by atoms with Crippen molar-refractivity contribution >= 4 is 22.2 Å². The Hall–Kier alpha value is -2.12. The third kappa shape index (κ3) is 3.68. The monoisotopic (exact) mass is 366 g/mol. The van der Waals surface area contributed by atoms with Gasteiger partial charge in [-0.2, -0.15) is 5.26 Å². The van der Waals surface area contributed by atoms with Crippen LogP contribution in [0.2, 0.25) is 0 Å². The van der Waals surface area contributed by atoms with E-state index in [1.165, 1.54) is 4.88 Å². The number of benzene rings is 1. The summed E-state index contributed by atoms with van der Waals surface area (Å²) in [5.41, 5.74) is 4.84. The number of carbonyl (C=O) groups is 1. The molecule has 1 amide bonds. The topological polar surface area (TPSA) is 52.9 Å². The van der Waals surface area contributed by atoms with Gasteiger partial charge >= 0.3 is 0 Å². The number of nitrogens with one attached hydrogen (secondary N) is 1. The number of thiophene rings is 1. The van der Waals surface area contributed by atoms with E-state index in [4.69, 9.17) is 0 Å². The van der Waals surface area contributed by atoms with Crippen LogP contribution in [0.25, 0.3) is 0 Å². The van der Waals surface area contributed by atoms with Gasteiger partial charge in [-0.3, -0.25) is 4.79 Å². The Labute approximate surface area is 160 Å². The third-order valence-electron chi connectivity index (χ3n) is 5.31. The Morgan fingerprint density at radius 2 is 1.88 bits per heavy atom. The van der Waals surface area contributed by atoms with Crippen molar-refractivity contribution in [3.8, 4) is 6.07 Å². The zero-order chi connectivity index (χ0) is 19.1. The summed E-state index contributed by atoms with van der Waals surface area (Å²) in [6, 6.07) is 8.16. The summed E-state index contributed by atoms with van der Waals surface area (Å²) in [6.45, 7) is 10.8. The first-order chi connectivity index (χ1) is 12.2. The molecule has 1 aromatic heterocycles. The van der Waals surface area contributed by atoms with Gasteiger partial charge in [-0.1, -0.05) is 38.0 Å². The largest absolute Gasteiger partial charge is 0.312 e. The molecule has 3 nitrogen and oxygen atoms in total. The molecular weight excluding hydrogens is 340 g/mol. The van der Waals surface area contributed by atoms with E-state index >= 15 is 0 Å². The molecule has 1 aromatic carbocycles. The number of carbonyl (C=O) groups excluding carboxylic acids is 1. The van der Waals surface area contributed by atoms with E-state index in [1.54, 1.807) is 11.3 Å². The zero-order valence-corrected chi connectivity index (χ0v) is 17.0. The van der Waals surface area contributed by atoms with E-state index in [9.17, 15) is 10.1 Å². The second-order valence-corrected chi connectivity index (χ2v) is 9.56. The molecule has 0 aliphatic heterocycles. The van der Waals surface area contributed by atoms with E-state index in [2.05, 4.69) is 32.2 Å². The van der Waals surface area contributed by atoms with Crippen LogP contribution < -0.4 is 5.32 Å². The van der Waals surface area contributed by atoms with E-state index in [-0.39, 0.29) is 11.3 Å². The summed E-state index contributed by atoms with van der Waals surface area (Å²) in [6.07, 6.45) is 3.03. The summed E-state index contributed by atoms with van der Waals surface area (Å²) in [7, 11) is 0. The molecule has 1 aliphatic rings. The van der Waals surface area contributed by atoms with Crippen molar-refractivity contribution in [2.24, 2.45) is 11.3 Å². The molecule has 1 atom stereocenters. The molecule has 0 fully saturated rings. The maximum absolute atomic E-state index is 12.7. The lowest BCUT2D eigenvalue weighted by molar-refractivity contribution is 0.102. The molecule has 2 aromatic rings. The highest BCUT2D eigenvalue weighted by atomic mass is 32.1. The van der Waals surface area contributed by atoms with Crippen LogP contribution >= 0.6 is 11.3 Å². The predicted octanol–water partition coefficient (Wildman–Crippen LogP) is 5.64. The van der Waals surface area contributed by atoms with Gasteiger partial charge in [0.05, 0.1) is 5.56 Å². The van der Waals surface area contributed by atoms with E-state index in [0.717, 1.165) is 36.0 Å². The van der Waals surface area contributed by atoms with Crippen LogP contribution in [0.4, 0.5) is 5.00 Å². The normalized spacial score (nSPS) is 16.7. The van der Waals surface area contributed by atoms with Gasteiger partial charge in [-0.15, -0.1) is 11.3 Å². The summed E-state index contributed by atoms with van der Waals surface area (Å²) >= 11 is 1.58. The number of fused-ring (bicyclic) bond motifs is 1. The second kappa shape index (κ2) is 6.89. The Balaban J connectivity index is 1.89. The first kappa shape index (κ1) is 18.7. The van der Waals surface area contributed by atoms with Gasteiger partial charge in [0.25, 0.3) is 5.91 Å². The third-order valence-corrected chi connectivity index (χ3v) is 6.48. The zero-order valence-electron chi connectivity index (χ0n) is 16.2. The number of nitriles is 1. The molecule has 0 radical (unpaired) electrons. The Bertz CT molecular complexity index is 876. The van der Waals surface area contributed by atoms with E-state index in [0.29, 0.717) is 22.0 Å². The SMILES string of the molecule is Cc1cc(C)cc(C(=O)Nc2sc3c(c2C#N)CC[C@H](C(C)(C)C)C3)c1.